The van der Waals surface area contributed by atoms with E-state index in [1.807, 2.05) is 44.6 Å². The summed E-state index contributed by atoms with van der Waals surface area (Å²) < 4.78 is 3.59. The van der Waals surface area contributed by atoms with Crippen molar-refractivity contribution >= 4 is 28.9 Å². The van der Waals surface area contributed by atoms with Crippen molar-refractivity contribution in [2.24, 2.45) is 22.1 Å². The highest BCUT2D eigenvalue weighted by Gasteiger charge is 2.33. The van der Waals surface area contributed by atoms with E-state index in [1.165, 1.54) is 0 Å². The molecule has 0 spiro atoms. The lowest BCUT2D eigenvalue weighted by Crippen LogP contribution is -2.23. The number of imidazole rings is 1. The highest BCUT2D eigenvalue weighted by Crippen LogP contribution is 2.31. The van der Waals surface area contributed by atoms with Crippen molar-refractivity contribution in [3.63, 3.8) is 0 Å². The van der Waals surface area contributed by atoms with Crippen molar-refractivity contribution in [3.8, 4) is 11.4 Å². The average Bonchev–Trinajstić information content (AvgIpc) is 3.42. The van der Waals surface area contributed by atoms with Crippen LogP contribution >= 0.6 is 0 Å². The van der Waals surface area contributed by atoms with Crippen LogP contribution in [0.4, 0.5) is 11.4 Å². The fourth-order valence-electron chi connectivity index (χ4n) is 4.21. The predicted molar refractivity (Wildman–Crippen MR) is 135 cm³/mol. The average molecular weight is 459 g/mol. The molecule has 0 saturated heterocycles. The Morgan fingerprint density at radius 2 is 1.88 bits per heavy atom. The summed E-state index contributed by atoms with van der Waals surface area (Å²) in [5.41, 5.74) is 7.64. The molecule has 0 bridgehead atoms. The van der Waals surface area contributed by atoms with Gasteiger partial charge in [-0.05, 0) is 71.4 Å². The van der Waals surface area contributed by atoms with Crippen LogP contribution in [0.1, 0.15) is 43.5 Å². The van der Waals surface area contributed by atoms with Crippen LogP contribution in [0, 0.1) is 20.8 Å². The van der Waals surface area contributed by atoms with Gasteiger partial charge in [0.25, 0.3) is 0 Å². The van der Waals surface area contributed by atoms with Crippen LogP contribution in [0.3, 0.4) is 0 Å². The summed E-state index contributed by atoms with van der Waals surface area (Å²) in [6, 6.07) is 7.74. The molecule has 1 atom stereocenters. The fourth-order valence-corrected chi connectivity index (χ4v) is 4.21. The Kier molecular flexibility index (Phi) is 6.30. The molecule has 3 aromatic rings. The summed E-state index contributed by atoms with van der Waals surface area (Å²) in [5.74, 6) is 0.617. The van der Waals surface area contributed by atoms with Gasteiger partial charge < -0.3 is 4.90 Å². The number of isocyanates is 1. The van der Waals surface area contributed by atoms with Crippen molar-refractivity contribution in [2.75, 3.05) is 18.0 Å². The molecule has 0 fully saturated rings. The van der Waals surface area contributed by atoms with E-state index < -0.39 is 6.04 Å². The van der Waals surface area contributed by atoms with E-state index in [0.717, 1.165) is 52.8 Å². The minimum Gasteiger partial charge on any atom is -0.372 e. The molecular weight excluding hydrogens is 428 g/mol. The molecular formula is C25H30N8O. The van der Waals surface area contributed by atoms with Gasteiger partial charge in [0, 0.05) is 31.5 Å². The van der Waals surface area contributed by atoms with Crippen LogP contribution in [-0.2, 0) is 11.8 Å². The summed E-state index contributed by atoms with van der Waals surface area (Å²) in [4.78, 5) is 27.0. The Balaban J connectivity index is 1.86. The van der Waals surface area contributed by atoms with Crippen LogP contribution in [0.5, 0.6) is 0 Å². The molecule has 4 rings (SSSR count). The normalized spacial score (nSPS) is 14.7. The number of aliphatic imine (C=N–C) groups is 2. The summed E-state index contributed by atoms with van der Waals surface area (Å²) in [7, 11) is 1.91. The zero-order chi connectivity index (χ0) is 24.6. The minimum atomic E-state index is -0.508. The van der Waals surface area contributed by atoms with E-state index in [4.69, 9.17) is 15.1 Å². The molecule has 34 heavy (non-hydrogen) atoms. The Bertz CT molecular complexity index is 1330. The van der Waals surface area contributed by atoms with Crippen molar-refractivity contribution in [1.29, 1.82) is 0 Å². The number of benzene rings is 1. The first-order valence-electron chi connectivity index (χ1n) is 11.5. The molecule has 1 unspecified atom stereocenters. The van der Waals surface area contributed by atoms with Gasteiger partial charge in [-0.3, -0.25) is 4.68 Å². The molecule has 0 saturated carbocycles. The van der Waals surface area contributed by atoms with Gasteiger partial charge in [0.15, 0.2) is 5.82 Å². The number of hydrogen-bond donors (Lipinski definition) is 0. The van der Waals surface area contributed by atoms with Gasteiger partial charge in [0.1, 0.15) is 28.9 Å². The van der Waals surface area contributed by atoms with Crippen molar-refractivity contribution < 1.29 is 4.79 Å². The number of aryl methyl sites for hydroxylation is 4. The molecule has 2 aromatic heterocycles. The number of rotatable bonds is 7. The number of nitrogens with zero attached hydrogens (tertiary/aromatic N) is 8. The molecule has 9 heteroatoms. The molecule has 0 radical (unpaired) electrons. The molecule has 3 heterocycles. The number of carbonyl (C=O) groups excluding carboxylic acids is 1. The summed E-state index contributed by atoms with van der Waals surface area (Å²) >= 11 is 0. The second-order valence-corrected chi connectivity index (χ2v) is 8.46. The third-order valence-corrected chi connectivity index (χ3v) is 6.23. The highest BCUT2D eigenvalue weighted by molar-refractivity contribution is 6.51. The van der Waals surface area contributed by atoms with Crippen LogP contribution in [0.15, 0.2) is 39.4 Å². The van der Waals surface area contributed by atoms with Crippen LogP contribution in [0.2, 0.25) is 0 Å². The zero-order valence-corrected chi connectivity index (χ0v) is 20.8. The van der Waals surface area contributed by atoms with Crippen LogP contribution in [0.25, 0.3) is 11.4 Å². The molecule has 1 aromatic carbocycles. The highest BCUT2D eigenvalue weighted by atomic mass is 16.1. The third kappa shape index (κ3) is 3.99. The first-order valence-corrected chi connectivity index (χ1v) is 11.5. The van der Waals surface area contributed by atoms with E-state index in [2.05, 4.69) is 41.0 Å². The Hall–Kier alpha value is -3.84. The molecule has 0 amide bonds. The maximum atomic E-state index is 11.0. The minimum absolute atomic E-state index is 0.508. The van der Waals surface area contributed by atoms with Crippen LogP contribution in [-0.4, -0.2) is 56.1 Å². The Morgan fingerprint density at radius 3 is 2.47 bits per heavy atom. The van der Waals surface area contributed by atoms with Gasteiger partial charge in [0.2, 0.25) is 6.08 Å². The van der Waals surface area contributed by atoms with Crippen molar-refractivity contribution in [3.05, 3.63) is 47.0 Å². The summed E-state index contributed by atoms with van der Waals surface area (Å²) in [6.45, 7) is 14.0. The predicted octanol–water partition coefficient (Wildman–Crippen LogP) is 4.12. The lowest BCUT2D eigenvalue weighted by atomic mass is 10.1. The number of aromatic nitrogens is 4. The van der Waals surface area contributed by atoms with E-state index in [1.54, 1.807) is 17.7 Å². The number of hydrogen-bond acceptors (Lipinski definition) is 7. The first kappa shape index (κ1) is 23.3. The third-order valence-electron chi connectivity index (χ3n) is 6.23. The van der Waals surface area contributed by atoms with Gasteiger partial charge in [0.05, 0.1) is 11.4 Å². The fraction of sp³-hybridized carbons (Fsp3) is 0.400. The number of anilines is 1. The maximum Gasteiger partial charge on any atom is 0.235 e. The van der Waals surface area contributed by atoms with Gasteiger partial charge in [-0.15, -0.1) is 0 Å². The topological polar surface area (TPSA) is 93.0 Å². The van der Waals surface area contributed by atoms with Gasteiger partial charge in [-0.1, -0.05) is 0 Å². The number of fused-ring (bicyclic) bond motifs is 1. The Morgan fingerprint density at radius 1 is 1.15 bits per heavy atom. The van der Waals surface area contributed by atoms with Crippen LogP contribution < -0.4 is 4.90 Å². The largest absolute Gasteiger partial charge is 0.372 e. The summed E-state index contributed by atoms with van der Waals surface area (Å²) in [6.07, 6.45) is 1.65. The van der Waals surface area contributed by atoms with E-state index >= 15 is 0 Å². The lowest BCUT2D eigenvalue weighted by molar-refractivity contribution is 0.562. The zero-order valence-electron chi connectivity index (χ0n) is 20.8. The molecule has 0 N–H and O–H groups in total. The summed E-state index contributed by atoms with van der Waals surface area (Å²) in [5, 5.41) is 9.41. The van der Waals surface area contributed by atoms with Gasteiger partial charge >= 0.3 is 0 Å². The molecule has 0 aliphatic carbocycles. The van der Waals surface area contributed by atoms with Crippen molar-refractivity contribution in [2.45, 2.75) is 47.6 Å². The maximum absolute atomic E-state index is 11.0. The monoisotopic (exact) mass is 458 g/mol. The van der Waals surface area contributed by atoms with Gasteiger partial charge in [-0.25, -0.2) is 19.4 Å². The van der Waals surface area contributed by atoms with E-state index in [-0.39, 0.29) is 0 Å². The lowest BCUT2D eigenvalue weighted by Gasteiger charge is -2.21. The quantitative estimate of drug-likeness (QED) is 0.393. The molecule has 1 aliphatic heterocycles. The SMILES string of the molecule is CCN(CC)c1ccc(/N=C2/C(C(C)N=C=O)=Nn3c2nc(C)c3-c2cc(C)n(C)n2)c(C)c1. The smallest absolute Gasteiger partial charge is 0.235 e. The van der Waals surface area contributed by atoms with E-state index in [0.29, 0.717) is 17.2 Å². The second-order valence-electron chi connectivity index (χ2n) is 8.46. The molecule has 9 nitrogen and oxygen atoms in total. The molecule has 1 aliphatic rings. The first-order chi connectivity index (χ1) is 16.3. The standard InChI is InChI=1S/C25H30N8O/c1-8-32(9-2)19-10-11-20(15(3)12-19)28-23-22(17(5)26-14-34)30-33-24(18(6)27-25(23)33)21-13-16(4)31(7)29-21/h10-13,17H,8-9H2,1-7H3/b28-23-. The molecule has 176 valence electrons. The Labute approximate surface area is 199 Å². The van der Waals surface area contributed by atoms with Crippen molar-refractivity contribution in [1.82, 2.24) is 19.4 Å². The van der Waals surface area contributed by atoms with Gasteiger partial charge in [-0.2, -0.15) is 15.2 Å². The second kappa shape index (κ2) is 9.19. The van der Waals surface area contributed by atoms with E-state index in [9.17, 15) is 4.79 Å².